The van der Waals surface area contributed by atoms with Crippen LogP contribution in [0.25, 0.3) is 0 Å². The van der Waals surface area contributed by atoms with Gasteiger partial charge in [0.1, 0.15) is 0 Å². The summed E-state index contributed by atoms with van der Waals surface area (Å²) in [6.07, 6.45) is 3.23. The maximum absolute atomic E-state index is 11.3. The molecule has 20 heavy (non-hydrogen) atoms. The van der Waals surface area contributed by atoms with Crippen LogP contribution >= 0.6 is 0 Å². The molecule has 0 aromatic carbocycles. The van der Waals surface area contributed by atoms with E-state index in [0.29, 0.717) is 6.04 Å². The first-order valence-corrected chi connectivity index (χ1v) is 7.56. The number of nitrogens with zero attached hydrogens (tertiary/aromatic N) is 3. The van der Waals surface area contributed by atoms with Gasteiger partial charge in [-0.2, -0.15) is 5.10 Å². The number of nitrogens with one attached hydrogen (secondary N) is 1. The maximum atomic E-state index is 11.3. The number of hydrogen-bond acceptors (Lipinski definition) is 3. The fraction of sp³-hybridized carbons (Fsp3) is 0.733. The van der Waals surface area contributed by atoms with E-state index in [2.05, 4.69) is 28.1 Å². The summed E-state index contributed by atoms with van der Waals surface area (Å²) in [6, 6.07) is 2.68. The fourth-order valence-electron chi connectivity index (χ4n) is 2.83. The standard InChI is InChI=1S/C15H26N4O/c1-12-11-13(2)19(17-12)8-4-7-16-15-5-9-18(10-6-15)14(3)20/h11,15-16H,4-10H2,1-3H3. The predicted molar refractivity (Wildman–Crippen MR) is 79.6 cm³/mol. The first kappa shape index (κ1) is 15.0. The molecule has 0 radical (unpaired) electrons. The molecule has 1 aliphatic heterocycles. The van der Waals surface area contributed by atoms with E-state index >= 15 is 0 Å². The SMILES string of the molecule is CC(=O)N1CCC(NCCCn2nc(C)cc2C)CC1. The third-order valence-electron chi connectivity index (χ3n) is 4.02. The zero-order chi connectivity index (χ0) is 14.5. The van der Waals surface area contributed by atoms with E-state index in [9.17, 15) is 4.79 Å². The third-order valence-corrected chi connectivity index (χ3v) is 4.02. The van der Waals surface area contributed by atoms with Crippen LogP contribution in [0.15, 0.2) is 6.07 Å². The van der Waals surface area contributed by atoms with Crippen molar-refractivity contribution < 1.29 is 4.79 Å². The van der Waals surface area contributed by atoms with Gasteiger partial charge in [0.15, 0.2) is 0 Å². The average Bonchev–Trinajstić information content (AvgIpc) is 2.73. The Morgan fingerprint density at radius 2 is 2.10 bits per heavy atom. The molecule has 0 saturated carbocycles. The van der Waals surface area contributed by atoms with Crippen LogP contribution in [0, 0.1) is 13.8 Å². The number of carbonyl (C=O) groups excluding carboxylic acids is 1. The van der Waals surface area contributed by atoms with Crippen molar-refractivity contribution >= 4 is 5.91 Å². The van der Waals surface area contributed by atoms with Crippen molar-refractivity contribution in [3.8, 4) is 0 Å². The second-order valence-corrected chi connectivity index (χ2v) is 5.74. The minimum Gasteiger partial charge on any atom is -0.343 e. The molecule has 1 aromatic heterocycles. The van der Waals surface area contributed by atoms with Gasteiger partial charge in [0.2, 0.25) is 5.91 Å². The molecule has 2 heterocycles. The molecule has 5 heteroatoms. The van der Waals surface area contributed by atoms with Gasteiger partial charge in [-0.25, -0.2) is 0 Å². The molecule has 0 spiro atoms. The van der Waals surface area contributed by atoms with Crippen LogP contribution in [0.2, 0.25) is 0 Å². The third kappa shape index (κ3) is 4.07. The lowest BCUT2D eigenvalue weighted by molar-refractivity contribution is -0.129. The molecule has 112 valence electrons. The number of rotatable bonds is 5. The number of aromatic nitrogens is 2. The molecular formula is C15H26N4O. The number of hydrogen-bond donors (Lipinski definition) is 1. The van der Waals surface area contributed by atoms with Gasteiger partial charge >= 0.3 is 0 Å². The average molecular weight is 278 g/mol. The van der Waals surface area contributed by atoms with E-state index in [1.165, 1.54) is 5.69 Å². The first-order valence-electron chi connectivity index (χ1n) is 7.56. The second kappa shape index (κ2) is 6.88. The number of amides is 1. The Bertz CT molecular complexity index is 447. The summed E-state index contributed by atoms with van der Waals surface area (Å²) >= 11 is 0. The van der Waals surface area contributed by atoms with Gasteiger partial charge in [0, 0.05) is 38.3 Å². The number of aryl methyl sites for hydroxylation is 3. The largest absolute Gasteiger partial charge is 0.343 e. The molecule has 1 aliphatic rings. The molecular weight excluding hydrogens is 252 g/mol. The van der Waals surface area contributed by atoms with Crippen molar-refractivity contribution in [1.82, 2.24) is 20.0 Å². The smallest absolute Gasteiger partial charge is 0.219 e. The number of piperidine rings is 1. The minimum atomic E-state index is 0.202. The molecule has 0 bridgehead atoms. The van der Waals surface area contributed by atoms with Gasteiger partial charge in [0.05, 0.1) is 5.69 Å². The van der Waals surface area contributed by atoms with E-state index in [1.54, 1.807) is 6.92 Å². The summed E-state index contributed by atoms with van der Waals surface area (Å²) in [6.45, 7) is 9.56. The number of likely N-dealkylation sites (tertiary alicyclic amines) is 1. The van der Waals surface area contributed by atoms with Crippen LogP contribution in [0.1, 0.15) is 37.6 Å². The molecule has 0 unspecified atom stereocenters. The van der Waals surface area contributed by atoms with Crippen LogP contribution in [0.5, 0.6) is 0 Å². The topological polar surface area (TPSA) is 50.2 Å². The molecule has 2 rings (SSSR count). The predicted octanol–water partition coefficient (Wildman–Crippen LogP) is 1.49. The second-order valence-electron chi connectivity index (χ2n) is 5.74. The lowest BCUT2D eigenvalue weighted by atomic mass is 10.1. The molecule has 0 aliphatic carbocycles. The summed E-state index contributed by atoms with van der Waals surface area (Å²) in [5.41, 5.74) is 2.32. The molecule has 1 saturated heterocycles. The zero-order valence-electron chi connectivity index (χ0n) is 12.9. The van der Waals surface area contributed by atoms with Crippen LogP contribution in [-0.4, -0.2) is 46.3 Å². The zero-order valence-corrected chi connectivity index (χ0v) is 12.9. The Kier molecular flexibility index (Phi) is 5.17. The Labute approximate surface area is 121 Å². The minimum absolute atomic E-state index is 0.202. The Balaban J connectivity index is 1.62. The quantitative estimate of drug-likeness (QED) is 0.830. The van der Waals surface area contributed by atoms with Gasteiger partial charge in [-0.1, -0.05) is 0 Å². The molecule has 1 N–H and O–H groups in total. The highest BCUT2D eigenvalue weighted by molar-refractivity contribution is 5.73. The van der Waals surface area contributed by atoms with Crippen LogP contribution in [-0.2, 0) is 11.3 Å². The van der Waals surface area contributed by atoms with Crippen molar-refractivity contribution in [3.05, 3.63) is 17.5 Å². The van der Waals surface area contributed by atoms with Crippen LogP contribution in [0.4, 0.5) is 0 Å². The summed E-state index contributed by atoms with van der Waals surface area (Å²) in [5.74, 6) is 0.202. The molecule has 1 amide bonds. The van der Waals surface area contributed by atoms with E-state index in [0.717, 1.165) is 51.1 Å². The Morgan fingerprint density at radius 3 is 2.65 bits per heavy atom. The van der Waals surface area contributed by atoms with Gasteiger partial charge in [-0.3, -0.25) is 9.48 Å². The first-order chi connectivity index (χ1) is 9.56. The van der Waals surface area contributed by atoms with E-state index < -0.39 is 0 Å². The molecule has 5 nitrogen and oxygen atoms in total. The van der Waals surface area contributed by atoms with Crippen molar-refractivity contribution in [1.29, 1.82) is 0 Å². The van der Waals surface area contributed by atoms with Gasteiger partial charge < -0.3 is 10.2 Å². The summed E-state index contributed by atoms with van der Waals surface area (Å²) in [7, 11) is 0. The maximum Gasteiger partial charge on any atom is 0.219 e. The normalized spacial score (nSPS) is 16.6. The highest BCUT2D eigenvalue weighted by Crippen LogP contribution is 2.10. The molecule has 1 fully saturated rings. The lowest BCUT2D eigenvalue weighted by Crippen LogP contribution is -2.44. The van der Waals surface area contributed by atoms with E-state index in [-0.39, 0.29) is 5.91 Å². The summed E-state index contributed by atoms with van der Waals surface area (Å²) in [4.78, 5) is 13.2. The van der Waals surface area contributed by atoms with E-state index in [4.69, 9.17) is 0 Å². The monoisotopic (exact) mass is 278 g/mol. The van der Waals surface area contributed by atoms with Gasteiger partial charge in [0.25, 0.3) is 0 Å². The van der Waals surface area contributed by atoms with Crippen molar-refractivity contribution in [3.63, 3.8) is 0 Å². The van der Waals surface area contributed by atoms with Crippen LogP contribution < -0.4 is 5.32 Å². The van der Waals surface area contributed by atoms with Gasteiger partial charge in [-0.05, 0) is 45.7 Å². The van der Waals surface area contributed by atoms with E-state index in [1.807, 2.05) is 11.8 Å². The summed E-state index contributed by atoms with van der Waals surface area (Å²) < 4.78 is 2.08. The number of carbonyl (C=O) groups is 1. The molecule has 0 atom stereocenters. The van der Waals surface area contributed by atoms with Crippen molar-refractivity contribution in [2.24, 2.45) is 0 Å². The Hall–Kier alpha value is -1.36. The molecule has 1 aromatic rings. The van der Waals surface area contributed by atoms with Gasteiger partial charge in [-0.15, -0.1) is 0 Å². The van der Waals surface area contributed by atoms with Crippen molar-refractivity contribution in [2.75, 3.05) is 19.6 Å². The highest BCUT2D eigenvalue weighted by atomic mass is 16.2. The summed E-state index contributed by atoms with van der Waals surface area (Å²) in [5, 5.41) is 8.07. The fourth-order valence-corrected chi connectivity index (χ4v) is 2.83. The van der Waals surface area contributed by atoms with Crippen molar-refractivity contribution in [2.45, 2.75) is 52.6 Å². The highest BCUT2D eigenvalue weighted by Gasteiger charge is 2.19. The lowest BCUT2D eigenvalue weighted by Gasteiger charge is -2.31. The Morgan fingerprint density at radius 1 is 1.40 bits per heavy atom. The van der Waals surface area contributed by atoms with Crippen LogP contribution in [0.3, 0.4) is 0 Å².